The molecule has 0 aliphatic rings. The molecule has 0 amide bonds. The number of carbonyl (C=O) groups is 2. The summed E-state index contributed by atoms with van der Waals surface area (Å²) in [4.78, 5) is 31.1. The minimum absolute atomic E-state index is 0.0214. The van der Waals surface area contributed by atoms with Gasteiger partial charge in [-0.2, -0.15) is 26.3 Å². The zero-order chi connectivity index (χ0) is 20.9. The summed E-state index contributed by atoms with van der Waals surface area (Å²) in [5, 5.41) is 0. The monoisotopic (exact) mass is 408 g/mol. The fourth-order valence-electron chi connectivity index (χ4n) is 1.86. The molecule has 0 unspecified atom stereocenters. The van der Waals surface area contributed by atoms with Crippen LogP contribution in [-0.2, 0) is 9.47 Å². The van der Waals surface area contributed by atoms with Crippen LogP contribution >= 0.6 is 0 Å². The van der Waals surface area contributed by atoms with Gasteiger partial charge in [0.25, 0.3) is 0 Å². The van der Waals surface area contributed by atoms with E-state index >= 15 is 0 Å². The molecule has 28 heavy (non-hydrogen) atoms. The van der Waals surface area contributed by atoms with Crippen molar-refractivity contribution in [1.29, 1.82) is 0 Å². The number of hydrogen-bond donors (Lipinski definition) is 0. The SMILES string of the molecule is O=C(OCC(F)(F)F)c1ccnc(-c2cc(C(=O)OCC(F)(F)F)ccn2)c1. The van der Waals surface area contributed by atoms with Crippen LogP contribution in [0.15, 0.2) is 36.7 Å². The van der Waals surface area contributed by atoms with Gasteiger partial charge < -0.3 is 9.47 Å². The maximum atomic E-state index is 12.1. The molecule has 0 spiro atoms. The van der Waals surface area contributed by atoms with Crippen LogP contribution < -0.4 is 0 Å². The smallest absolute Gasteiger partial charge is 0.422 e. The number of ether oxygens (including phenoxy) is 2. The van der Waals surface area contributed by atoms with E-state index in [1.54, 1.807) is 0 Å². The van der Waals surface area contributed by atoms with Crippen molar-refractivity contribution >= 4 is 11.9 Å². The molecule has 0 saturated carbocycles. The molecule has 150 valence electrons. The lowest BCUT2D eigenvalue weighted by molar-refractivity contribution is -0.161. The molecule has 0 atom stereocenters. The van der Waals surface area contributed by atoms with Gasteiger partial charge in [0, 0.05) is 12.4 Å². The van der Waals surface area contributed by atoms with Crippen LogP contribution in [0.5, 0.6) is 0 Å². The summed E-state index contributed by atoms with van der Waals surface area (Å²) in [5.41, 5.74) is -0.568. The lowest BCUT2D eigenvalue weighted by atomic mass is 10.1. The van der Waals surface area contributed by atoms with Gasteiger partial charge in [0.2, 0.25) is 0 Å². The number of carbonyl (C=O) groups excluding carboxylic acids is 2. The van der Waals surface area contributed by atoms with Crippen LogP contribution in [0.2, 0.25) is 0 Å². The highest BCUT2D eigenvalue weighted by atomic mass is 19.4. The summed E-state index contributed by atoms with van der Waals surface area (Å²) in [5.74, 6) is -2.52. The van der Waals surface area contributed by atoms with Crippen molar-refractivity contribution in [3.63, 3.8) is 0 Å². The molecule has 0 saturated heterocycles. The Morgan fingerprint density at radius 1 is 0.750 bits per heavy atom. The van der Waals surface area contributed by atoms with Crippen LogP contribution in [0, 0.1) is 0 Å². The average molecular weight is 408 g/mol. The van der Waals surface area contributed by atoms with Gasteiger partial charge in [0.15, 0.2) is 13.2 Å². The number of hydrogen-bond acceptors (Lipinski definition) is 6. The lowest BCUT2D eigenvalue weighted by Gasteiger charge is -2.09. The highest BCUT2D eigenvalue weighted by Gasteiger charge is 2.30. The summed E-state index contributed by atoms with van der Waals surface area (Å²) in [6.07, 6.45) is -7.21. The topological polar surface area (TPSA) is 78.4 Å². The second kappa shape index (κ2) is 8.23. The van der Waals surface area contributed by atoms with Gasteiger partial charge >= 0.3 is 24.3 Å². The first-order valence-electron chi connectivity index (χ1n) is 7.35. The number of aromatic nitrogens is 2. The number of esters is 2. The second-order valence-electron chi connectivity index (χ2n) is 5.24. The fraction of sp³-hybridized carbons (Fsp3) is 0.250. The van der Waals surface area contributed by atoms with Crippen molar-refractivity contribution in [2.45, 2.75) is 12.4 Å². The molecule has 2 heterocycles. The third-order valence-electron chi connectivity index (χ3n) is 2.99. The molecular formula is C16H10F6N2O4. The first kappa shape index (κ1) is 21.1. The number of pyridine rings is 2. The molecule has 0 aliphatic carbocycles. The van der Waals surface area contributed by atoms with Crippen molar-refractivity contribution in [3.05, 3.63) is 47.8 Å². The molecule has 2 rings (SSSR count). The molecule has 0 bridgehead atoms. The standard InChI is InChI=1S/C16H10F6N2O4/c17-15(18,19)7-27-13(25)9-1-3-23-11(5-9)12-6-10(2-4-24-12)14(26)28-8-16(20,21)22/h1-6H,7-8H2. The van der Waals surface area contributed by atoms with E-state index in [4.69, 9.17) is 0 Å². The molecule has 2 aromatic rings. The number of halogens is 6. The quantitative estimate of drug-likeness (QED) is 0.556. The van der Waals surface area contributed by atoms with Gasteiger partial charge in [-0.25, -0.2) is 9.59 Å². The fourth-order valence-corrected chi connectivity index (χ4v) is 1.86. The molecule has 0 aliphatic heterocycles. The Morgan fingerprint density at radius 3 is 1.43 bits per heavy atom. The summed E-state index contributed by atoms with van der Waals surface area (Å²) in [7, 11) is 0. The predicted molar refractivity (Wildman–Crippen MR) is 80.1 cm³/mol. The highest BCUT2D eigenvalue weighted by Crippen LogP contribution is 2.20. The van der Waals surface area contributed by atoms with E-state index in [1.807, 2.05) is 0 Å². The van der Waals surface area contributed by atoms with E-state index < -0.39 is 37.5 Å². The van der Waals surface area contributed by atoms with Crippen molar-refractivity contribution in [2.75, 3.05) is 13.2 Å². The largest absolute Gasteiger partial charge is 0.452 e. The van der Waals surface area contributed by atoms with Crippen LogP contribution in [0.4, 0.5) is 26.3 Å². The summed E-state index contributed by atoms with van der Waals surface area (Å²) < 4.78 is 80.9. The molecule has 0 fully saturated rings. The minimum Gasteiger partial charge on any atom is -0.452 e. The van der Waals surface area contributed by atoms with E-state index in [1.165, 1.54) is 0 Å². The van der Waals surface area contributed by atoms with E-state index in [2.05, 4.69) is 19.4 Å². The van der Waals surface area contributed by atoms with Crippen LogP contribution in [0.1, 0.15) is 20.7 Å². The first-order valence-corrected chi connectivity index (χ1v) is 7.35. The Bertz CT molecular complexity index is 795. The highest BCUT2D eigenvalue weighted by molar-refractivity contribution is 5.92. The summed E-state index contributed by atoms with van der Waals surface area (Å²) in [6, 6.07) is 4.32. The maximum Gasteiger partial charge on any atom is 0.422 e. The molecule has 0 N–H and O–H groups in total. The van der Waals surface area contributed by atoms with Crippen molar-refractivity contribution in [2.24, 2.45) is 0 Å². The third kappa shape index (κ3) is 6.52. The number of alkyl halides is 6. The van der Waals surface area contributed by atoms with Crippen molar-refractivity contribution < 1.29 is 45.4 Å². The van der Waals surface area contributed by atoms with E-state index in [0.717, 1.165) is 36.7 Å². The lowest BCUT2D eigenvalue weighted by Crippen LogP contribution is -2.20. The molecule has 6 nitrogen and oxygen atoms in total. The van der Waals surface area contributed by atoms with Gasteiger partial charge in [0.1, 0.15) is 0 Å². The Labute approximate surface area is 153 Å². The molecule has 0 radical (unpaired) electrons. The van der Waals surface area contributed by atoms with Crippen LogP contribution in [0.25, 0.3) is 11.4 Å². The van der Waals surface area contributed by atoms with Crippen molar-refractivity contribution in [3.8, 4) is 11.4 Å². The first-order chi connectivity index (χ1) is 12.9. The number of rotatable bonds is 5. The van der Waals surface area contributed by atoms with Gasteiger partial charge in [-0.05, 0) is 24.3 Å². The van der Waals surface area contributed by atoms with E-state index in [9.17, 15) is 35.9 Å². The number of nitrogens with zero attached hydrogens (tertiary/aromatic N) is 2. The summed E-state index contributed by atoms with van der Waals surface area (Å²) >= 11 is 0. The van der Waals surface area contributed by atoms with E-state index in [-0.39, 0.29) is 22.5 Å². The predicted octanol–water partition coefficient (Wildman–Crippen LogP) is 3.58. The Morgan fingerprint density at radius 2 is 1.11 bits per heavy atom. The minimum atomic E-state index is -4.70. The maximum absolute atomic E-state index is 12.1. The van der Waals surface area contributed by atoms with E-state index in [0.29, 0.717) is 0 Å². The second-order valence-corrected chi connectivity index (χ2v) is 5.24. The summed E-state index contributed by atoms with van der Waals surface area (Å²) in [6.45, 7) is -3.55. The molecule has 12 heteroatoms. The zero-order valence-corrected chi connectivity index (χ0v) is 13.7. The molecule has 0 aromatic carbocycles. The Balaban J connectivity index is 2.17. The molecule has 2 aromatic heterocycles. The zero-order valence-electron chi connectivity index (χ0n) is 13.7. The Hall–Kier alpha value is -3.18. The Kier molecular flexibility index (Phi) is 6.21. The molecular weight excluding hydrogens is 398 g/mol. The average Bonchev–Trinajstić information content (AvgIpc) is 2.63. The van der Waals surface area contributed by atoms with Gasteiger partial charge in [0.05, 0.1) is 22.5 Å². The van der Waals surface area contributed by atoms with Gasteiger partial charge in [-0.3, -0.25) is 9.97 Å². The van der Waals surface area contributed by atoms with Gasteiger partial charge in [-0.1, -0.05) is 0 Å². The van der Waals surface area contributed by atoms with Crippen LogP contribution in [-0.4, -0.2) is 47.5 Å². The third-order valence-corrected chi connectivity index (χ3v) is 2.99. The van der Waals surface area contributed by atoms with Crippen molar-refractivity contribution in [1.82, 2.24) is 9.97 Å². The van der Waals surface area contributed by atoms with Gasteiger partial charge in [-0.15, -0.1) is 0 Å². The normalized spacial score (nSPS) is 11.8. The van der Waals surface area contributed by atoms with Crippen LogP contribution in [0.3, 0.4) is 0 Å².